The van der Waals surface area contributed by atoms with Gasteiger partial charge in [0.15, 0.2) is 0 Å². The highest BCUT2D eigenvalue weighted by Crippen LogP contribution is 2.20. The van der Waals surface area contributed by atoms with Crippen molar-refractivity contribution in [2.45, 2.75) is 6.92 Å². The molecular weight excluding hydrogens is 336 g/mol. The van der Waals surface area contributed by atoms with Gasteiger partial charge < -0.3 is 15.0 Å². The van der Waals surface area contributed by atoms with Crippen molar-refractivity contribution in [3.63, 3.8) is 0 Å². The molecule has 2 heterocycles. The van der Waals surface area contributed by atoms with Crippen LogP contribution in [-0.2, 0) is 9.53 Å². The molecule has 0 spiro atoms. The van der Waals surface area contributed by atoms with Gasteiger partial charge in [-0.3, -0.25) is 4.79 Å². The molecule has 128 valence electrons. The molecule has 3 rings (SSSR count). The summed E-state index contributed by atoms with van der Waals surface area (Å²) in [5.41, 5.74) is 2.40. The molecule has 0 aliphatic carbocycles. The Morgan fingerprint density at radius 1 is 1.36 bits per heavy atom. The maximum absolute atomic E-state index is 12.3. The third kappa shape index (κ3) is 4.44. The van der Waals surface area contributed by atoms with E-state index in [1.165, 1.54) is 17.4 Å². The topological polar surface area (TPSA) is 78.2 Å². The van der Waals surface area contributed by atoms with Crippen LogP contribution in [0.15, 0.2) is 35.2 Å². The predicted octanol–water partition coefficient (Wildman–Crippen LogP) is 2.83. The second-order valence-corrected chi connectivity index (χ2v) is 6.62. The number of ether oxygens (including phenoxy) is 1. The van der Waals surface area contributed by atoms with E-state index < -0.39 is 5.91 Å². The highest BCUT2D eigenvalue weighted by atomic mass is 32.1. The fourth-order valence-corrected chi connectivity index (χ4v) is 3.09. The zero-order valence-electron chi connectivity index (χ0n) is 13.9. The Kier molecular flexibility index (Phi) is 5.43. The number of nitrogens with zero attached hydrogens (tertiary/aromatic N) is 3. The molecule has 1 aromatic carbocycles. The number of hydrogen-bond donors (Lipinski definition) is 1. The summed E-state index contributed by atoms with van der Waals surface area (Å²) >= 11 is 1.48. The third-order valence-electron chi connectivity index (χ3n) is 3.80. The van der Waals surface area contributed by atoms with Crippen LogP contribution in [-0.4, -0.2) is 37.2 Å². The number of thiazole rings is 1. The van der Waals surface area contributed by atoms with Crippen LogP contribution in [0.25, 0.3) is 6.08 Å². The first-order valence-electron chi connectivity index (χ1n) is 7.94. The summed E-state index contributed by atoms with van der Waals surface area (Å²) in [6, 6.07) is 9.53. The number of carbonyl (C=O) groups excluding carboxylic acids is 1. The predicted molar refractivity (Wildman–Crippen MR) is 98.5 cm³/mol. The highest BCUT2D eigenvalue weighted by Gasteiger charge is 2.13. The van der Waals surface area contributed by atoms with Crippen molar-refractivity contribution in [1.29, 1.82) is 5.26 Å². The van der Waals surface area contributed by atoms with E-state index in [0.717, 1.165) is 37.0 Å². The minimum absolute atomic E-state index is 0.0301. The van der Waals surface area contributed by atoms with Gasteiger partial charge in [0.05, 0.1) is 23.9 Å². The normalized spacial score (nSPS) is 14.9. The average molecular weight is 354 g/mol. The van der Waals surface area contributed by atoms with E-state index in [2.05, 4.69) is 15.2 Å². The molecule has 1 fully saturated rings. The molecule has 0 bridgehead atoms. The van der Waals surface area contributed by atoms with Crippen LogP contribution in [0.1, 0.15) is 10.7 Å². The van der Waals surface area contributed by atoms with Crippen molar-refractivity contribution in [3.05, 3.63) is 45.9 Å². The minimum Gasteiger partial charge on any atom is -0.378 e. The van der Waals surface area contributed by atoms with Crippen LogP contribution in [0.3, 0.4) is 0 Å². The van der Waals surface area contributed by atoms with Gasteiger partial charge in [-0.05, 0) is 37.3 Å². The SMILES string of the molecule is Cc1nc(/C=C(\C#N)C(=O)Nc2ccc(N3CCOCC3)cc2)cs1. The van der Waals surface area contributed by atoms with E-state index in [9.17, 15) is 10.1 Å². The minimum atomic E-state index is -0.438. The summed E-state index contributed by atoms with van der Waals surface area (Å²) in [6.07, 6.45) is 1.50. The van der Waals surface area contributed by atoms with Crippen molar-refractivity contribution in [1.82, 2.24) is 4.98 Å². The van der Waals surface area contributed by atoms with E-state index in [-0.39, 0.29) is 5.57 Å². The highest BCUT2D eigenvalue weighted by molar-refractivity contribution is 7.09. The van der Waals surface area contributed by atoms with Crippen LogP contribution >= 0.6 is 11.3 Å². The lowest BCUT2D eigenvalue weighted by Crippen LogP contribution is -2.36. The molecule has 1 aromatic heterocycles. The standard InChI is InChI=1S/C18H18N4O2S/c1-13-20-16(12-25-13)10-14(11-19)18(23)21-15-2-4-17(5-3-15)22-6-8-24-9-7-22/h2-5,10,12H,6-9H2,1H3,(H,21,23)/b14-10+. The van der Waals surface area contributed by atoms with E-state index in [1.54, 1.807) is 0 Å². The number of aromatic nitrogens is 1. The van der Waals surface area contributed by atoms with Gasteiger partial charge >= 0.3 is 0 Å². The molecule has 1 aliphatic rings. The molecule has 1 aliphatic heterocycles. The summed E-state index contributed by atoms with van der Waals surface area (Å²) < 4.78 is 5.35. The lowest BCUT2D eigenvalue weighted by atomic mass is 10.2. The third-order valence-corrected chi connectivity index (χ3v) is 4.59. The molecule has 1 saturated heterocycles. The summed E-state index contributed by atoms with van der Waals surface area (Å²) in [6.45, 7) is 5.06. The number of morpholine rings is 1. The number of aryl methyl sites for hydroxylation is 1. The van der Waals surface area contributed by atoms with E-state index in [1.807, 2.05) is 42.6 Å². The second-order valence-electron chi connectivity index (χ2n) is 5.56. The Morgan fingerprint density at radius 2 is 2.08 bits per heavy atom. The number of hydrogen-bond acceptors (Lipinski definition) is 6. The Morgan fingerprint density at radius 3 is 2.68 bits per heavy atom. The van der Waals surface area contributed by atoms with Gasteiger partial charge in [-0.2, -0.15) is 5.26 Å². The van der Waals surface area contributed by atoms with Gasteiger partial charge in [0, 0.05) is 29.8 Å². The molecule has 0 unspecified atom stereocenters. The summed E-state index contributed by atoms with van der Waals surface area (Å²) in [5, 5.41) is 14.7. The number of benzene rings is 1. The Labute approximate surface area is 150 Å². The van der Waals surface area contributed by atoms with E-state index >= 15 is 0 Å². The van der Waals surface area contributed by atoms with Gasteiger partial charge in [-0.1, -0.05) is 0 Å². The average Bonchev–Trinajstić information content (AvgIpc) is 3.06. The molecule has 0 saturated carbocycles. The lowest BCUT2D eigenvalue weighted by molar-refractivity contribution is -0.112. The molecule has 1 amide bonds. The Bertz CT molecular complexity index is 814. The number of amides is 1. The van der Waals surface area contributed by atoms with E-state index in [4.69, 9.17) is 4.74 Å². The molecule has 0 atom stereocenters. The Hall–Kier alpha value is -2.69. The second kappa shape index (κ2) is 7.92. The number of nitriles is 1. The first kappa shape index (κ1) is 17.1. The molecule has 1 N–H and O–H groups in total. The molecule has 2 aromatic rings. The lowest BCUT2D eigenvalue weighted by Gasteiger charge is -2.28. The number of carbonyl (C=O) groups is 1. The van der Waals surface area contributed by atoms with Crippen LogP contribution < -0.4 is 10.2 Å². The summed E-state index contributed by atoms with van der Waals surface area (Å²) in [4.78, 5) is 18.8. The van der Waals surface area contributed by atoms with Gasteiger partial charge in [0.25, 0.3) is 5.91 Å². The largest absolute Gasteiger partial charge is 0.378 e. The van der Waals surface area contributed by atoms with Crippen molar-refractivity contribution in [3.8, 4) is 6.07 Å². The van der Waals surface area contributed by atoms with Crippen LogP contribution in [0.2, 0.25) is 0 Å². The smallest absolute Gasteiger partial charge is 0.266 e. The van der Waals surface area contributed by atoms with Crippen LogP contribution in [0.4, 0.5) is 11.4 Å². The number of anilines is 2. The molecule has 6 nitrogen and oxygen atoms in total. The van der Waals surface area contributed by atoms with Crippen molar-refractivity contribution < 1.29 is 9.53 Å². The zero-order chi connectivity index (χ0) is 17.6. The quantitative estimate of drug-likeness (QED) is 0.675. The maximum Gasteiger partial charge on any atom is 0.266 e. The molecule has 7 heteroatoms. The number of nitrogens with one attached hydrogen (secondary N) is 1. The molecule has 25 heavy (non-hydrogen) atoms. The Balaban J connectivity index is 1.67. The van der Waals surface area contributed by atoms with Crippen molar-refractivity contribution in [2.75, 3.05) is 36.5 Å². The van der Waals surface area contributed by atoms with Gasteiger partial charge in [-0.25, -0.2) is 4.98 Å². The van der Waals surface area contributed by atoms with E-state index in [0.29, 0.717) is 11.4 Å². The first-order chi connectivity index (χ1) is 12.2. The van der Waals surface area contributed by atoms with Crippen molar-refractivity contribution >= 4 is 34.7 Å². The van der Waals surface area contributed by atoms with Gasteiger partial charge in [0.1, 0.15) is 11.6 Å². The van der Waals surface area contributed by atoms with Crippen molar-refractivity contribution in [2.24, 2.45) is 0 Å². The molecular formula is C18H18N4O2S. The fourth-order valence-electron chi connectivity index (χ4n) is 2.52. The summed E-state index contributed by atoms with van der Waals surface area (Å²) in [5.74, 6) is -0.438. The maximum atomic E-state index is 12.3. The zero-order valence-corrected chi connectivity index (χ0v) is 14.7. The van der Waals surface area contributed by atoms with Gasteiger partial charge in [0.2, 0.25) is 0 Å². The summed E-state index contributed by atoms with van der Waals surface area (Å²) in [7, 11) is 0. The monoisotopic (exact) mass is 354 g/mol. The van der Waals surface area contributed by atoms with Crippen LogP contribution in [0, 0.1) is 18.3 Å². The van der Waals surface area contributed by atoms with Gasteiger partial charge in [-0.15, -0.1) is 11.3 Å². The molecule has 0 radical (unpaired) electrons. The first-order valence-corrected chi connectivity index (χ1v) is 8.82. The fraction of sp³-hybridized carbons (Fsp3) is 0.278. The van der Waals surface area contributed by atoms with Crippen LogP contribution in [0.5, 0.6) is 0 Å². The number of rotatable bonds is 4.